The van der Waals surface area contributed by atoms with Crippen LogP contribution < -0.4 is 0 Å². The van der Waals surface area contributed by atoms with Crippen molar-refractivity contribution in [3.63, 3.8) is 0 Å². The molecule has 2 heterocycles. The van der Waals surface area contributed by atoms with Gasteiger partial charge in [0.15, 0.2) is 4.27 Å². The van der Waals surface area contributed by atoms with Crippen molar-refractivity contribution >= 4 is 23.5 Å². The Hall–Kier alpha value is 0.620. The third kappa shape index (κ3) is 2.96. The number of ether oxygens (including phenoxy) is 1. The highest BCUT2D eigenvalue weighted by Gasteiger charge is 2.46. The third-order valence-corrected chi connectivity index (χ3v) is 7.48. The zero-order chi connectivity index (χ0) is 12.3. The molecule has 0 radical (unpaired) electrons. The van der Waals surface area contributed by atoms with Gasteiger partial charge in [-0.1, -0.05) is 13.8 Å². The van der Waals surface area contributed by atoms with Crippen molar-refractivity contribution < 1.29 is 9.84 Å². The van der Waals surface area contributed by atoms with E-state index in [1.807, 2.05) is 23.5 Å². The van der Waals surface area contributed by atoms with Gasteiger partial charge >= 0.3 is 0 Å². The highest BCUT2D eigenvalue weighted by molar-refractivity contribution is 8.18. The monoisotopic (exact) mass is 276 g/mol. The smallest absolute Gasteiger partial charge is 0.163 e. The number of aliphatic hydroxyl groups is 1. The van der Waals surface area contributed by atoms with Crippen LogP contribution in [0.25, 0.3) is 0 Å². The quantitative estimate of drug-likeness (QED) is 0.856. The van der Waals surface area contributed by atoms with Gasteiger partial charge in [-0.15, -0.1) is 23.5 Å². The Bertz CT molecular complexity index is 238. The first-order valence-electron chi connectivity index (χ1n) is 6.78. The highest BCUT2D eigenvalue weighted by Crippen LogP contribution is 2.53. The molecule has 0 unspecified atom stereocenters. The molecule has 0 saturated carbocycles. The van der Waals surface area contributed by atoms with Gasteiger partial charge in [-0.2, -0.15) is 0 Å². The molecule has 0 amide bonds. The van der Waals surface area contributed by atoms with Gasteiger partial charge in [0.05, 0.1) is 6.10 Å². The summed E-state index contributed by atoms with van der Waals surface area (Å²) in [7, 11) is 0. The van der Waals surface area contributed by atoms with E-state index in [0.717, 1.165) is 12.8 Å². The zero-order valence-corrected chi connectivity index (χ0v) is 12.5. The Labute approximate surface area is 113 Å². The first-order chi connectivity index (χ1) is 8.22. The second-order valence-electron chi connectivity index (χ2n) is 5.14. The molecule has 2 aliphatic rings. The lowest BCUT2D eigenvalue weighted by atomic mass is 9.90. The molecule has 2 nitrogen and oxygen atoms in total. The van der Waals surface area contributed by atoms with Crippen LogP contribution in [0.1, 0.15) is 39.5 Å². The van der Waals surface area contributed by atoms with Crippen LogP contribution >= 0.6 is 23.5 Å². The van der Waals surface area contributed by atoms with E-state index in [9.17, 15) is 5.11 Å². The Balaban J connectivity index is 2.05. The molecule has 1 N–H and O–H groups in total. The van der Waals surface area contributed by atoms with Crippen molar-refractivity contribution in [3.05, 3.63) is 0 Å². The Morgan fingerprint density at radius 3 is 2.65 bits per heavy atom. The van der Waals surface area contributed by atoms with Gasteiger partial charge in [0, 0.05) is 18.4 Å². The lowest BCUT2D eigenvalue weighted by molar-refractivity contribution is -0.0886. The van der Waals surface area contributed by atoms with E-state index in [1.54, 1.807) is 0 Å². The minimum atomic E-state index is -0.0102. The van der Waals surface area contributed by atoms with E-state index >= 15 is 0 Å². The van der Waals surface area contributed by atoms with E-state index in [4.69, 9.17) is 4.74 Å². The Morgan fingerprint density at radius 2 is 2.06 bits per heavy atom. The highest BCUT2D eigenvalue weighted by atomic mass is 32.2. The summed E-state index contributed by atoms with van der Waals surface area (Å²) in [5.74, 6) is 3.40. The molecule has 4 heteroatoms. The molecule has 3 atom stereocenters. The summed E-state index contributed by atoms with van der Waals surface area (Å²) < 4.78 is 6.43. The SMILES string of the molecule is CC[C@@H](CO)[C@H]1CC[C@H](C)C2(O1)SCCCS2. The number of hydrogen-bond acceptors (Lipinski definition) is 4. The van der Waals surface area contributed by atoms with Gasteiger partial charge in [-0.25, -0.2) is 0 Å². The van der Waals surface area contributed by atoms with Gasteiger partial charge in [0.25, 0.3) is 0 Å². The molecule has 0 aliphatic carbocycles. The second-order valence-corrected chi connectivity index (χ2v) is 8.00. The number of rotatable bonds is 3. The van der Waals surface area contributed by atoms with Gasteiger partial charge in [0.1, 0.15) is 0 Å². The summed E-state index contributed by atoms with van der Waals surface area (Å²) in [5.41, 5.74) is 0. The van der Waals surface area contributed by atoms with E-state index in [1.165, 1.54) is 24.3 Å². The lowest BCUT2D eigenvalue weighted by Crippen LogP contribution is -2.46. The Morgan fingerprint density at radius 1 is 1.35 bits per heavy atom. The number of hydrogen-bond donors (Lipinski definition) is 1. The molecule has 1 spiro atoms. The van der Waals surface area contributed by atoms with Crippen LogP contribution in [0.2, 0.25) is 0 Å². The van der Waals surface area contributed by atoms with Crippen LogP contribution in [0.15, 0.2) is 0 Å². The van der Waals surface area contributed by atoms with Crippen LogP contribution in [0.4, 0.5) is 0 Å². The minimum Gasteiger partial charge on any atom is -0.396 e. The van der Waals surface area contributed by atoms with Gasteiger partial charge in [0.2, 0.25) is 0 Å². The van der Waals surface area contributed by atoms with E-state index in [2.05, 4.69) is 13.8 Å². The van der Waals surface area contributed by atoms with Gasteiger partial charge in [-0.3, -0.25) is 0 Å². The molecule has 2 aliphatic heterocycles. The minimum absolute atomic E-state index is 0.0102. The molecular weight excluding hydrogens is 252 g/mol. The summed E-state index contributed by atoms with van der Waals surface area (Å²) >= 11 is 3.99. The number of aliphatic hydroxyl groups excluding tert-OH is 1. The van der Waals surface area contributed by atoms with Crippen LogP contribution in [0.3, 0.4) is 0 Å². The zero-order valence-electron chi connectivity index (χ0n) is 10.9. The molecule has 100 valence electrons. The topological polar surface area (TPSA) is 29.5 Å². The summed E-state index contributed by atoms with van der Waals surface area (Å²) in [6.45, 7) is 4.73. The number of thioether (sulfide) groups is 2. The molecule has 0 aromatic rings. The Kier molecular flexibility index (Phi) is 5.10. The van der Waals surface area contributed by atoms with Crippen LogP contribution in [-0.2, 0) is 4.74 Å². The summed E-state index contributed by atoms with van der Waals surface area (Å²) in [4.78, 5) is 0. The summed E-state index contributed by atoms with van der Waals surface area (Å²) in [5, 5.41) is 9.44. The maximum atomic E-state index is 9.44. The van der Waals surface area contributed by atoms with Crippen molar-refractivity contribution in [2.24, 2.45) is 11.8 Å². The molecule has 17 heavy (non-hydrogen) atoms. The fourth-order valence-corrected chi connectivity index (χ4v) is 6.05. The van der Waals surface area contributed by atoms with Crippen LogP contribution in [0.5, 0.6) is 0 Å². The molecule has 0 aromatic carbocycles. The van der Waals surface area contributed by atoms with Gasteiger partial charge in [-0.05, 0) is 37.2 Å². The average Bonchev–Trinajstić information content (AvgIpc) is 2.36. The first-order valence-corrected chi connectivity index (χ1v) is 8.75. The van der Waals surface area contributed by atoms with E-state index in [-0.39, 0.29) is 17.0 Å². The molecule has 0 aromatic heterocycles. The lowest BCUT2D eigenvalue weighted by Gasteiger charge is -2.48. The molecule has 2 saturated heterocycles. The molecular formula is C13H24O2S2. The van der Waals surface area contributed by atoms with Crippen molar-refractivity contribution in [1.82, 2.24) is 0 Å². The maximum Gasteiger partial charge on any atom is 0.163 e. The van der Waals surface area contributed by atoms with Crippen molar-refractivity contribution in [3.8, 4) is 0 Å². The third-order valence-electron chi connectivity index (χ3n) is 3.98. The second kappa shape index (κ2) is 6.18. The fourth-order valence-electron chi connectivity index (χ4n) is 2.70. The van der Waals surface area contributed by atoms with E-state index in [0.29, 0.717) is 11.8 Å². The molecule has 0 bridgehead atoms. The predicted octanol–water partition coefficient (Wildman–Crippen LogP) is 3.34. The first kappa shape index (κ1) is 14.0. The van der Waals surface area contributed by atoms with E-state index < -0.39 is 0 Å². The van der Waals surface area contributed by atoms with Crippen molar-refractivity contribution in [2.45, 2.75) is 49.9 Å². The summed E-state index contributed by atoms with van der Waals surface area (Å²) in [6, 6.07) is 0. The molecule has 2 rings (SSSR count). The van der Waals surface area contributed by atoms with Crippen molar-refractivity contribution in [2.75, 3.05) is 18.1 Å². The predicted molar refractivity (Wildman–Crippen MR) is 76.4 cm³/mol. The van der Waals surface area contributed by atoms with Crippen LogP contribution in [-0.4, -0.2) is 33.6 Å². The van der Waals surface area contributed by atoms with Crippen LogP contribution in [0, 0.1) is 11.8 Å². The normalized spacial score (nSPS) is 34.8. The standard InChI is InChI=1S/C13H24O2S2/c1-3-11(9-14)12-6-5-10(2)13(15-12)16-7-4-8-17-13/h10-12,14H,3-9H2,1-2H3/t10-,11-,12+/m0/s1. The largest absolute Gasteiger partial charge is 0.396 e. The average molecular weight is 276 g/mol. The molecule has 2 fully saturated rings. The van der Waals surface area contributed by atoms with Gasteiger partial charge < -0.3 is 9.84 Å². The fraction of sp³-hybridized carbons (Fsp3) is 1.00. The van der Waals surface area contributed by atoms with Crippen molar-refractivity contribution in [1.29, 1.82) is 0 Å². The summed E-state index contributed by atoms with van der Waals surface area (Å²) in [6.07, 6.45) is 4.93. The maximum absolute atomic E-state index is 9.44.